The normalized spacial score (nSPS) is 19.9. The van der Waals surface area contributed by atoms with Gasteiger partial charge in [-0.3, -0.25) is 0 Å². The van der Waals surface area contributed by atoms with Gasteiger partial charge in [0.15, 0.2) is 0 Å². The molecule has 0 saturated carbocycles. The number of hydrogen-bond donors (Lipinski definition) is 1. The Balaban J connectivity index is 1.70. The first-order chi connectivity index (χ1) is 9.29. The van der Waals surface area contributed by atoms with Gasteiger partial charge in [-0.2, -0.15) is 5.26 Å². The minimum atomic E-state index is 0.578. The van der Waals surface area contributed by atoms with Crippen LogP contribution in [0.5, 0.6) is 5.75 Å². The maximum Gasteiger partial charge on any atom is 0.137 e. The van der Waals surface area contributed by atoms with Crippen LogP contribution in [0.3, 0.4) is 0 Å². The van der Waals surface area contributed by atoms with Crippen LogP contribution in [0.1, 0.15) is 18.9 Å². The fraction of sp³-hybridized carbons (Fsp3) is 0.533. The van der Waals surface area contributed by atoms with Crippen molar-refractivity contribution in [2.24, 2.45) is 0 Å². The van der Waals surface area contributed by atoms with Gasteiger partial charge in [0.1, 0.15) is 11.8 Å². The van der Waals surface area contributed by atoms with E-state index in [0.717, 1.165) is 32.6 Å². The molecular weight excluding hydrogens is 238 g/mol. The van der Waals surface area contributed by atoms with E-state index in [0.29, 0.717) is 24.0 Å². The Bertz CT molecular complexity index is 441. The van der Waals surface area contributed by atoms with E-state index in [1.165, 1.54) is 0 Å². The van der Waals surface area contributed by atoms with Crippen LogP contribution in [-0.2, 0) is 0 Å². The summed E-state index contributed by atoms with van der Waals surface area (Å²) in [5.41, 5.74) is 0.610. The molecule has 102 valence electrons. The number of ether oxygens (including phenoxy) is 1. The average molecular weight is 259 g/mol. The predicted octanol–water partition coefficient (Wildman–Crippen LogP) is 1.62. The molecule has 4 heteroatoms. The Morgan fingerprint density at radius 3 is 3.11 bits per heavy atom. The van der Waals surface area contributed by atoms with Crippen LogP contribution >= 0.6 is 0 Å². The number of hydrogen-bond acceptors (Lipinski definition) is 4. The first-order valence-corrected chi connectivity index (χ1v) is 6.87. The van der Waals surface area contributed by atoms with Crippen molar-refractivity contribution in [1.29, 1.82) is 5.26 Å². The van der Waals surface area contributed by atoms with Gasteiger partial charge in [0.25, 0.3) is 0 Å². The van der Waals surface area contributed by atoms with Crippen LogP contribution in [0.15, 0.2) is 24.3 Å². The van der Waals surface area contributed by atoms with Crippen molar-refractivity contribution >= 4 is 0 Å². The van der Waals surface area contributed by atoms with Crippen molar-refractivity contribution in [2.75, 3.05) is 32.8 Å². The largest absolute Gasteiger partial charge is 0.492 e. The molecule has 1 heterocycles. The summed E-state index contributed by atoms with van der Waals surface area (Å²) in [5, 5.41) is 12.4. The van der Waals surface area contributed by atoms with Gasteiger partial charge >= 0.3 is 0 Å². The van der Waals surface area contributed by atoms with Crippen molar-refractivity contribution in [3.05, 3.63) is 29.8 Å². The maximum atomic E-state index is 8.96. The number of piperazine rings is 1. The number of rotatable bonds is 5. The standard InChI is InChI=1S/C15H21N3O/c1-13-12-18(9-7-17-13)8-4-10-19-15-6-3-2-5-14(15)11-16/h2-3,5-6,13,17H,4,7-10,12H2,1H3/t13-/m0/s1. The average Bonchev–Trinajstić information content (AvgIpc) is 2.44. The van der Waals surface area contributed by atoms with Crippen LogP contribution in [0.25, 0.3) is 0 Å². The summed E-state index contributed by atoms with van der Waals surface area (Å²) in [6.07, 6.45) is 0.993. The van der Waals surface area contributed by atoms with E-state index in [1.54, 1.807) is 6.07 Å². The molecule has 1 aromatic carbocycles. The molecule has 1 N–H and O–H groups in total. The Kier molecular flexibility index (Phi) is 5.20. The molecule has 1 atom stereocenters. The topological polar surface area (TPSA) is 48.3 Å². The van der Waals surface area contributed by atoms with Gasteiger partial charge in [0.2, 0.25) is 0 Å². The zero-order chi connectivity index (χ0) is 13.5. The second kappa shape index (κ2) is 7.13. The summed E-state index contributed by atoms with van der Waals surface area (Å²) in [6.45, 7) is 7.22. The summed E-state index contributed by atoms with van der Waals surface area (Å²) in [6, 6.07) is 10.1. The van der Waals surface area contributed by atoms with Crippen molar-refractivity contribution < 1.29 is 4.74 Å². The van der Waals surface area contributed by atoms with E-state index < -0.39 is 0 Å². The molecule has 0 amide bonds. The molecule has 1 aromatic rings. The van der Waals surface area contributed by atoms with Gasteiger partial charge in [-0.05, 0) is 25.5 Å². The second-order valence-corrected chi connectivity index (χ2v) is 4.97. The third-order valence-electron chi connectivity index (χ3n) is 3.34. The van der Waals surface area contributed by atoms with E-state index in [9.17, 15) is 0 Å². The zero-order valence-electron chi connectivity index (χ0n) is 11.4. The van der Waals surface area contributed by atoms with Crippen LogP contribution < -0.4 is 10.1 Å². The Morgan fingerprint density at radius 1 is 1.47 bits per heavy atom. The van der Waals surface area contributed by atoms with Gasteiger partial charge in [-0.15, -0.1) is 0 Å². The minimum Gasteiger partial charge on any atom is -0.492 e. The third kappa shape index (κ3) is 4.23. The second-order valence-electron chi connectivity index (χ2n) is 4.97. The van der Waals surface area contributed by atoms with E-state index in [-0.39, 0.29) is 0 Å². The Morgan fingerprint density at radius 2 is 2.32 bits per heavy atom. The summed E-state index contributed by atoms with van der Waals surface area (Å²) in [4.78, 5) is 2.46. The van der Waals surface area contributed by atoms with Gasteiger partial charge in [0.05, 0.1) is 12.2 Å². The van der Waals surface area contributed by atoms with E-state index in [4.69, 9.17) is 10.00 Å². The van der Waals surface area contributed by atoms with Crippen LogP contribution in [0.2, 0.25) is 0 Å². The number of nitriles is 1. The quantitative estimate of drug-likeness (QED) is 0.816. The highest BCUT2D eigenvalue weighted by Gasteiger charge is 2.14. The van der Waals surface area contributed by atoms with Gasteiger partial charge in [-0.25, -0.2) is 0 Å². The Hall–Kier alpha value is -1.57. The lowest BCUT2D eigenvalue weighted by Gasteiger charge is -2.31. The van der Waals surface area contributed by atoms with Crippen LogP contribution in [0, 0.1) is 11.3 Å². The molecule has 1 saturated heterocycles. The molecule has 0 aromatic heterocycles. The molecule has 1 fully saturated rings. The summed E-state index contributed by atoms with van der Waals surface area (Å²) >= 11 is 0. The first kappa shape index (κ1) is 13.9. The first-order valence-electron chi connectivity index (χ1n) is 6.87. The van der Waals surface area contributed by atoms with E-state index in [2.05, 4.69) is 23.2 Å². The number of nitrogens with one attached hydrogen (secondary N) is 1. The molecule has 19 heavy (non-hydrogen) atoms. The van der Waals surface area contributed by atoms with Gasteiger partial charge in [0, 0.05) is 32.2 Å². The van der Waals surface area contributed by atoms with Crippen molar-refractivity contribution in [3.8, 4) is 11.8 Å². The molecule has 1 aliphatic heterocycles. The van der Waals surface area contributed by atoms with Crippen LogP contribution in [0.4, 0.5) is 0 Å². The van der Waals surface area contributed by atoms with Crippen molar-refractivity contribution in [1.82, 2.24) is 10.2 Å². The summed E-state index contributed by atoms with van der Waals surface area (Å²) in [7, 11) is 0. The molecule has 0 aliphatic carbocycles. The SMILES string of the molecule is C[C@H]1CN(CCCOc2ccccc2C#N)CCN1. The van der Waals surface area contributed by atoms with Crippen LogP contribution in [-0.4, -0.2) is 43.7 Å². The van der Waals surface area contributed by atoms with E-state index in [1.807, 2.05) is 18.2 Å². The van der Waals surface area contributed by atoms with Gasteiger partial charge in [-0.1, -0.05) is 12.1 Å². The third-order valence-corrected chi connectivity index (χ3v) is 3.34. The summed E-state index contributed by atoms with van der Waals surface area (Å²) in [5.74, 6) is 0.693. The van der Waals surface area contributed by atoms with E-state index >= 15 is 0 Å². The lowest BCUT2D eigenvalue weighted by molar-refractivity contribution is 0.189. The fourth-order valence-electron chi connectivity index (χ4n) is 2.37. The highest BCUT2D eigenvalue weighted by Crippen LogP contribution is 2.16. The van der Waals surface area contributed by atoms with Crippen molar-refractivity contribution in [3.63, 3.8) is 0 Å². The molecular formula is C15H21N3O. The molecule has 0 unspecified atom stereocenters. The lowest BCUT2D eigenvalue weighted by Crippen LogP contribution is -2.49. The predicted molar refractivity (Wildman–Crippen MR) is 75.2 cm³/mol. The highest BCUT2D eigenvalue weighted by atomic mass is 16.5. The molecule has 0 bridgehead atoms. The number of benzene rings is 1. The summed E-state index contributed by atoms with van der Waals surface area (Å²) < 4.78 is 5.68. The highest BCUT2D eigenvalue weighted by molar-refractivity contribution is 5.42. The molecule has 4 nitrogen and oxygen atoms in total. The minimum absolute atomic E-state index is 0.578. The Labute approximate surface area is 115 Å². The molecule has 0 radical (unpaired) electrons. The molecule has 1 aliphatic rings. The lowest BCUT2D eigenvalue weighted by atomic mass is 10.2. The monoisotopic (exact) mass is 259 g/mol. The molecule has 2 rings (SSSR count). The zero-order valence-corrected chi connectivity index (χ0v) is 11.4. The number of para-hydroxylation sites is 1. The fourth-order valence-corrected chi connectivity index (χ4v) is 2.37. The molecule has 0 spiro atoms. The van der Waals surface area contributed by atoms with Crippen molar-refractivity contribution in [2.45, 2.75) is 19.4 Å². The van der Waals surface area contributed by atoms with Gasteiger partial charge < -0.3 is 15.0 Å². The smallest absolute Gasteiger partial charge is 0.137 e. The maximum absolute atomic E-state index is 8.96. The number of nitrogens with zero attached hydrogens (tertiary/aromatic N) is 2.